The van der Waals surface area contributed by atoms with Crippen LogP contribution in [0.2, 0.25) is 0 Å². The molecule has 0 aliphatic rings. The average Bonchev–Trinajstić information content (AvgIpc) is 3.14. The Labute approximate surface area is 140 Å². The van der Waals surface area contributed by atoms with E-state index in [9.17, 15) is 4.79 Å². The predicted octanol–water partition coefficient (Wildman–Crippen LogP) is 3.35. The van der Waals surface area contributed by atoms with Gasteiger partial charge in [-0.2, -0.15) is 0 Å². The number of carbonyl (C=O) groups is 1. The molecule has 0 saturated heterocycles. The first kappa shape index (κ1) is 15.8. The van der Waals surface area contributed by atoms with Gasteiger partial charge in [0.15, 0.2) is 6.61 Å². The normalized spacial score (nSPS) is 10.4. The van der Waals surface area contributed by atoms with Crippen LogP contribution in [0, 0.1) is 6.92 Å². The molecule has 0 spiro atoms. The van der Waals surface area contributed by atoms with Gasteiger partial charge in [-0.25, -0.2) is 0 Å². The SMILES string of the molecule is Cc1ccccc1OCC(=O)NCc1ccc(-c2ccoc2)nc1. The fraction of sp³-hybridized carbons (Fsp3) is 0.158. The maximum atomic E-state index is 11.9. The summed E-state index contributed by atoms with van der Waals surface area (Å²) in [4.78, 5) is 16.2. The van der Waals surface area contributed by atoms with Crippen LogP contribution in [0.25, 0.3) is 11.3 Å². The zero-order valence-electron chi connectivity index (χ0n) is 13.4. The highest BCUT2D eigenvalue weighted by Crippen LogP contribution is 2.17. The summed E-state index contributed by atoms with van der Waals surface area (Å²) in [6.07, 6.45) is 5.00. The third-order valence-corrected chi connectivity index (χ3v) is 3.58. The molecule has 1 amide bonds. The minimum Gasteiger partial charge on any atom is -0.484 e. The van der Waals surface area contributed by atoms with Gasteiger partial charge in [-0.15, -0.1) is 0 Å². The minimum atomic E-state index is -0.169. The fourth-order valence-corrected chi connectivity index (χ4v) is 2.22. The first-order valence-corrected chi connectivity index (χ1v) is 7.65. The molecular formula is C19H18N2O3. The van der Waals surface area contributed by atoms with E-state index in [2.05, 4.69) is 10.3 Å². The van der Waals surface area contributed by atoms with E-state index in [1.54, 1.807) is 18.7 Å². The van der Waals surface area contributed by atoms with E-state index in [1.165, 1.54) is 0 Å². The number of aryl methyl sites for hydroxylation is 1. The van der Waals surface area contributed by atoms with E-state index in [0.717, 1.165) is 28.1 Å². The highest BCUT2D eigenvalue weighted by atomic mass is 16.5. The Morgan fingerprint density at radius 1 is 1.21 bits per heavy atom. The van der Waals surface area contributed by atoms with E-state index in [1.807, 2.05) is 49.4 Å². The summed E-state index contributed by atoms with van der Waals surface area (Å²) < 4.78 is 10.6. The Morgan fingerprint density at radius 3 is 2.79 bits per heavy atom. The number of aromatic nitrogens is 1. The quantitative estimate of drug-likeness (QED) is 0.756. The molecule has 0 radical (unpaired) electrons. The van der Waals surface area contributed by atoms with Crippen LogP contribution in [0.5, 0.6) is 5.75 Å². The number of amides is 1. The highest BCUT2D eigenvalue weighted by Gasteiger charge is 2.05. The van der Waals surface area contributed by atoms with Crippen LogP contribution in [-0.2, 0) is 11.3 Å². The third-order valence-electron chi connectivity index (χ3n) is 3.58. The lowest BCUT2D eigenvalue weighted by atomic mass is 10.2. The van der Waals surface area contributed by atoms with Gasteiger partial charge in [-0.1, -0.05) is 24.3 Å². The molecule has 2 heterocycles. The zero-order valence-corrected chi connectivity index (χ0v) is 13.4. The van der Waals surface area contributed by atoms with Crippen molar-refractivity contribution in [1.82, 2.24) is 10.3 Å². The molecule has 5 heteroatoms. The van der Waals surface area contributed by atoms with Gasteiger partial charge in [-0.05, 0) is 36.2 Å². The molecule has 0 atom stereocenters. The summed E-state index contributed by atoms with van der Waals surface area (Å²) in [6.45, 7) is 2.35. The minimum absolute atomic E-state index is 0.00855. The van der Waals surface area contributed by atoms with E-state index < -0.39 is 0 Å². The zero-order chi connectivity index (χ0) is 16.8. The highest BCUT2D eigenvalue weighted by molar-refractivity contribution is 5.77. The van der Waals surface area contributed by atoms with Crippen LogP contribution >= 0.6 is 0 Å². The van der Waals surface area contributed by atoms with Gasteiger partial charge in [0, 0.05) is 18.3 Å². The first-order chi connectivity index (χ1) is 11.7. The van der Waals surface area contributed by atoms with E-state index in [4.69, 9.17) is 9.15 Å². The third kappa shape index (κ3) is 4.01. The monoisotopic (exact) mass is 322 g/mol. The second-order valence-electron chi connectivity index (χ2n) is 5.39. The Bertz CT molecular complexity index is 796. The predicted molar refractivity (Wildman–Crippen MR) is 90.5 cm³/mol. The van der Waals surface area contributed by atoms with E-state index in [0.29, 0.717) is 6.54 Å². The largest absolute Gasteiger partial charge is 0.484 e. The van der Waals surface area contributed by atoms with Crippen molar-refractivity contribution in [2.45, 2.75) is 13.5 Å². The van der Waals surface area contributed by atoms with Crippen LogP contribution in [-0.4, -0.2) is 17.5 Å². The van der Waals surface area contributed by atoms with Gasteiger partial charge in [0.25, 0.3) is 5.91 Å². The molecule has 0 aliphatic carbocycles. The van der Waals surface area contributed by atoms with Crippen LogP contribution in [0.15, 0.2) is 65.6 Å². The molecule has 3 rings (SSSR count). The summed E-state index contributed by atoms with van der Waals surface area (Å²) in [6, 6.07) is 13.3. The molecule has 24 heavy (non-hydrogen) atoms. The molecule has 122 valence electrons. The number of para-hydroxylation sites is 1. The number of nitrogens with one attached hydrogen (secondary N) is 1. The number of nitrogens with zero attached hydrogens (tertiary/aromatic N) is 1. The average molecular weight is 322 g/mol. The van der Waals surface area contributed by atoms with Gasteiger partial charge < -0.3 is 14.5 Å². The molecular weight excluding hydrogens is 304 g/mol. The number of ether oxygens (including phenoxy) is 1. The summed E-state index contributed by atoms with van der Waals surface area (Å²) in [5.41, 5.74) is 3.69. The van der Waals surface area contributed by atoms with Crippen LogP contribution in [0.1, 0.15) is 11.1 Å². The fourth-order valence-electron chi connectivity index (χ4n) is 2.22. The van der Waals surface area contributed by atoms with E-state index in [-0.39, 0.29) is 12.5 Å². The lowest BCUT2D eigenvalue weighted by molar-refractivity contribution is -0.123. The number of pyridine rings is 1. The van der Waals surface area contributed by atoms with Crippen molar-refractivity contribution < 1.29 is 13.9 Å². The molecule has 5 nitrogen and oxygen atoms in total. The van der Waals surface area contributed by atoms with Gasteiger partial charge >= 0.3 is 0 Å². The molecule has 0 unspecified atom stereocenters. The molecule has 3 aromatic rings. The summed E-state index contributed by atoms with van der Waals surface area (Å²) in [7, 11) is 0. The van der Waals surface area contributed by atoms with Gasteiger partial charge in [0.05, 0.1) is 18.2 Å². The second-order valence-corrected chi connectivity index (χ2v) is 5.39. The summed E-state index contributed by atoms with van der Waals surface area (Å²) in [5.74, 6) is 0.552. The van der Waals surface area contributed by atoms with Crippen molar-refractivity contribution in [3.8, 4) is 17.0 Å². The molecule has 2 aromatic heterocycles. The van der Waals surface area contributed by atoms with Crippen molar-refractivity contribution in [3.05, 3.63) is 72.3 Å². The Hall–Kier alpha value is -3.08. The van der Waals surface area contributed by atoms with Gasteiger partial charge in [-0.3, -0.25) is 9.78 Å². The molecule has 0 saturated carbocycles. The number of rotatable bonds is 6. The van der Waals surface area contributed by atoms with Gasteiger partial charge in [0.1, 0.15) is 5.75 Å². The standard InChI is InChI=1S/C19H18N2O3/c1-14-4-2-3-5-18(14)24-13-19(22)21-11-15-6-7-17(20-10-15)16-8-9-23-12-16/h2-10,12H,11,13H2,1H3,(H,21,22). The smallest absolute Gasteiger partial charge is 0.258 e. The van der Waals surface area contributed by atoms with Crippen LogP contribution < -0.4 is 10.1 Å². The van der Waals surface area contributed by atoms with Crippen molar-refractivity contribution in [1.29, 1.82) is 0 Å². The number of benzene rings is 1. The molecule has 0 aliphatic heterocycles. The van der Waals surface area contributed by atoms with Crippen molar-refractivity contribution in [2.75, 3.05) is 6.61 Å². The molecule has 0 fully saturated rings. The topological polar surface area (TPSA) is 64.4 Å². The van der Waals surface area contributed by atoms with Crippen LogP contribution in [0.3, 0.4) is 0 Å². The number of hydrogen-bond acceptors (Lipinski definition) is 4. The lowest BCUT2D eigenvalue weighted by Crippen LogP contribution is -2.28. The van der Waals surface area contributed by atoms with Crippen LogP contribution in [0.4, 0.5) is 0 Å². The molecule has 0 bridgehead atoms. The number of furan rings is 1. The Balaban J connectivity index is 1.48. The van der Waals surface area contributed by atoms with Crippen molar-refractivity contribution in [3.63, 3.8) is 0 Å². The van der Waals surface area contributed by atoms with Gasteiger partial charge in [0.2, 0.25) is 0 Å². The lowest BCUT2D eigenvalue weighted by Gasteiger charge is -2.09. The van der Waals surface area contributed by atoms with Crippen molar-refractivity contribution in [2.24, 2.45) is 0 Å². The Kier molecular flexibility index (Phi) is 4.91. The summed E-state index contributed by atoms with van der Waals surface area (Å²) >= 11 is 0. The number of carbonyl (C=O) groups excluding carboxylic acids is 1. The first-order valence-electron chi connectivity index (χ1n) is 7.65. The molecule has 1 aromatic carbocycles. The maximum Gasteiger partial charge on any atom is 0.258 e. The van der Waals surface area contributed by atoms with Crippen molar-refractivity contribution >= 4 is 5.91 Å². The van der Waals surface area contributed by atoms with E-state index >= 15 is 0 Å². The number of hydrogen-bond donors (Lipinski definition) is 1. The maximum absolute atomic E-state index is 11.9. The molecule has 1 N–H and O–H groups in total. The summed E-state index contributed by atoms with van der Waals surface area (Å²) in [5, 5.41) is 2.82. The second kappa shape index (κ2) is 7.46. The Morgan fingerprint density at radius 2 is 2.08 bits per heavy atom.